The molecule has 0 amide bonds. The van der Waals surface area contributed by atoms with Gasteiger partial charge in [0.25, 0.3) is 0 Å². The summed E-state index contributed by atoms with van der Waals surface area (Å²) in [5.74, 6) is -0.836. The predicted molar refractivity (Wildman–Crippen MR) is 34.0 cm³/mol. The third kappa shape index (κ3) is 6.30. The van der Waals surface area contributed by atoms with Crippen molar-refractivity contribution in [3.8, 4) is 0 Å². The molecule has 0 bridgehead atoms. The number of carbonyl (C=O) groups is 1. The van der Waals surface area contributed by atoms with Crippen LogP contribution in [0.3, 0.4) is 0 Å². The first-order valence-corrected chi connectivity index (χ1v) is 3.10. The Morgan fingerprint density at radius 3 is 2.43 bits per heavy atom. The Hall–Kier alpha value is 0.300. The molecule has 0 fully saturated rings. The number of aliphatic carboxylic acids is 1. The highest BCUT2D eigenvalue weighted by Crippen LogP contribution is 2.07. The van der Waals surface area contributed by atoms with Crippen molar-refractivity contribution in [1.82, 2.24) is 0 Å². The number of hydrogen-bond donors (Lipinski definition) is 2. The van der Waals surface area contributed by atoms with Gasteiger partial charge in [0.2, 0.25) is 0 Å². The summed E-state index contributed by atoms with van der Waals surface area (Å²) in [6.45, 7) is 0. The summed E-state index contributed by atoms with van der Waals surface area (Å²) in [7, 11) is 0. The van der Waals surface area contributed by atoms with E-state index in [4.69, 9.17) is 5.11 Å². The van der Waals surface area contributed by atoms with Crippen LogP contribution in [-0.4, -0.2) is 15.2 Å². The van der Waals surface area contributed by atoms with Crippen LogP contribution in [0.2, 0.25) is 0 Å². The summed E-state index contributed by atoms with van der Waals surface area (Å²) in [6.07, 6.45) is 0.0586. The fraction of sp³-hybridized carbons (Fsp3) is 0.667. The molecule has 0 spiro atoms. The van der Waals surface area contributed by atoms with E-state index < -0.39 is 5.97 Å². The Labute approximate surface area is 55.4 Å². The lowest BCUT2D eigenvalue weighted by Gasteiger charge is -1.91. The molecular formula is C3H5BrO2S. The van der Waals surface area contributed by atoms with Gasteiger partial charge in [-0.3, -0.25) is 4.79 Å². The predicted octanol–water partition coefficient (Wildman–Crippen LogP) is 1.11. The van der Waals surface area contributed by atoms with Crippen molar-refractivity contribution in [1.29, 1.82) is 0 Å². The van der Waals surface area contributed by atoms with Gasteiger partial charge in [-0.1, -0.05) is 15.9 Å². The molecule has 1 atom stereocenters. The van der Waals surface area contributed by atoms with Crippen molar-refractivity contribution in [2.75, 3.05) is 0 Å². The molecule has 0 rings (SSSR count). The molecule has 1 N–H and O–H groups in total. The molecule has 7 heavy (non-hydrogen) atoms. The van der Waals surface area contributed by atoms with Crippen LogP contribution in [0.4, 0.5) is 0 Å². The molecule has 2 nitrogen and oxygen atoms in total. The lowest BCUT2D eigenvalue weighted by Crippen LogP contribution is -1.99. The first-order valence-electron chi connectivity index (χ1n) is 1.67. The molecule has 0 aromatic carbocycles. The van der Waals surface area contributed by atoms with E-state index in [9.17, 15) is 4.79 Å². The van der Waals surface area contributed by atoms with Gasteiger partial charge >= 0.3 is 5.97 Å². The van der Waals surface area contributed by atoms with Crippen molar-refractivity contribution in [2.45, 2.75) is 10.6 Å². The van der Waals surface area contributed by atoms with Gasteiger partial charge in [-0.2, -0.15) is 12.6 Å². The maximum Gasteiger partial charge on any atom is 0.305 e. The maximum atomic E-state index is 9.73. The molecule has 4 heteroatoms. The van der Waals surface area contributed by atoms with E-state index >= 15 is 0 Å². The summed E-state index contributed by atoms with van der Waals surface area (Å²) >= 11 is 6.73. The zero-order chi connectivity index (χ0) is 5.86. The molecule has 0 radical (unpaired) electrons. The van der Waals surface area contributed by atoms with Gasteiger partial charge in [-0.15, -0.1) is 0 Å². The summed E-state index contributed by atoms with van der Waals surface area (Å²) in [5.41, 5.74) is 0. The van der Waals surface area contributed by atoms with Gasteiger partial charge < -0.3 is 5.11 Å². The van der Waals surface area contributed by atoms with Crippen LogP contribution in [0.25, 0.3) is 0 Å². The van der Waals surface area contributed by atoms with Crippen molar-refractivity contribution in [3.05, 3.63) is 0 Å². The highest BCUT2D eigenvalue weighted by molar-refractivity contribution is 9.11. The van der Waals surface area contributed by atoms with Gasteiger partial charge in [-0.25, -0.2) is 0 Å². The smallest absolute Gasteiger partial charge is 0.305 e. The molecule has 42 valence electrons. The van der Waals surface area contributed by atoms with Crippen LogP contribution in [0.15, 0.2) is 0 Å². The average Bonchev–Trinajstić information content (AvgIpc) is 1.27. The molecule has 0 aliphatic rings. The van der Waals surface area contributed by atoms with E-state index in [0.717, 1.165) is 0 Å². The van der Waals surface area contributed by atoms with E-state index in [-0.39, 0.29) is 10.6 Å². The molecule has 0 aliphatic heterocycles. The van der Waals surface area contributed by atoms with Crippen molar-refractivity contribution < 1.29 is 9.90 Å². The number of halogens is 1. The summed E-state index contributed by atoms with van der Waals surface area (Å²) < 4.78 is -0.218. The second kappa shape index (κ2) is 3.32. The van der Waals surface area contributed by atoms with Crippen LogP contribution in [0, 0.1) is 0 Å². The first kappa shape index (κ1) is 7.30. The van der Waals surface area contributed by atoms with E-state index in [1.54, 1.807) is 0 Å². The Balaban J connectivity index is 3.13. The van der Waals surface area contributed by atoms with E-state index in [1.807, 2.05) is 0 Å². The third-order valence-corrected chi connectivity index (χ3v) is 0.849. The van der Waals surface area contributed by atoms with Crippen LogP contribution in [0.5, 0.6) is 0 Å². The minimum Gasteiger partial charge on any atom is -0.481 e. The molecule has 0 aromatic rings. The van der Waals surface area contributed by atoms with Gasteiger partial charge in [0.1, 0.15) is 0 Å². The summed E-state index contributed by atoms with van der Waals surface area (Å²) in [6, 6.07) is 0. The first-order chi connectivity index (χ1) is 3.13. The number of thiol groups is 1. The Kier molecular flexibility index (Phi) is 3.46. The van der Waals surface area contributed by atoms with Gasteiger partial charge in [0, 0.05) is 0 Å². The fourth-order valence-electron chi connectivity index (χ4n) is 0.144. The SMILES string of the molecule is O=C(O)CC(S)Br. The quantitative estimate of drug-likeness (QED) is 0.499. The highest BCUT2D eigenvalue weighted by Gasteiger charge is 2.01. The average molecular weight is 185 g/mol. The third-order valence-electron chi connectivity index (χ3n) is 0.343. The van der Waals surface area contributed by atoms with E-state index in [2.05, 4.69) is 28.6 Å². The lowest BCUT2D eigenvalue weighted by atomic mass is 10.5. The van der Waals surface area contributed by atoms with Gasteiger partial charge in [-0.05, 0) is 0 Å². The maximum absolute atomic E-state index is 9.73. The Morgan fingerprint density at radius 1 is 2.00 bits per heavy atom. The molecule has 0 aromatic heterocycles. The topological polar surface area (TPSA) is 37.3 Å². The molecule has 1 unspecified atom stereocenters. The number of rotatable bonds is 2. The van der Waals surface area contributed by atoms with Crippen molar-refractivity contribution in [3.63, 3.8) is 0 Å². The summed E-state index contributed by atoms with van der Waals surface area (Å²) in [4.78, 5) is 9.73. The summed E-state index contributed by atoms with van der Waals surface area (Å²) in [5, 5.41) is 8.00. The highest BCUT2D eigenvalue weighted by atomic mass is 79.9. The second-order valence-corrected chi connectivity index (χ2v) is 3.47. The van der Waals surface area contributed by atoms with Crippen LogP contribution >= 0.6 is 28.6 Å². The monoisotopic (exact) mass is 184 g/mol. The standard InChI is InChI=1S/C3H5BrO2S/c4-2(7)1-3(5)6/h2,7H,1H2,(H,5,6). The zero-order valence-corrected chi connectivity index (χ0v) is 5.95. The Bertz CT molecular complexity index is 73.3. The number of carboxylic acids is 1. The zero-order valence-electron chi connectivity index (χ0n) is 3.47. The molecule has 0 saturated heterocycles. The largest absolute Gasteiger partial charge is 0.481 e. The molecule has 0 heterocycles. The van der Waals surface area contributed by atoms with Crippen molar-refractivity contribution in [2.24, 2.45) is 0 Å². The normalized spacial score (nSPS) is 13.4. The van der Waals surface area contributed by atoms with E-state index in [1.165, 1.54) is 0 Å². The van der Waals surface area contributed by atoms with Crippen LogP contribution in [-0.2, 0) is 4.79 Å². The number of hydrogen-bond acceptors (Lipinski definition) is 2. The number of carboxylic acid groups (broad SMARTS) is 1. The molecule has 0 aliphatic carbocycles. The van der Waals surface area contributed by atoms with Crippen LogP contribution < -0.4 is 0 Å². The minimum absolute atomic E-state index is 0.0586. The van der Waals surface area contributed by atoms with Crippen LogP contribution in [0.1, 0.15) is 6.42 Å². The Morgan fingerprint density at radius 2 is 2.43 bits per heavy atom. The molecule has 0 saturated carbocycles. The number of alkyl halides is 1. The van der Waals surface area contributed by atoms with Gasteiger partial charge in [0.05, 0.1) is 10.6 Å². The van der Waals surface area contributed by atoms with Gasteiger partial charge in [0.15, 0.2) is 0 Å². The minimum atomic E-state index is -0.836. The van der Waals surface area contributed by atoms with E-state index in [0.29, 0.717) is 0 Å². The molecular weight excluding hydrogens is 180 g/mol. The fourth-order valence-corrected chi connectivity index (χ4v) is 0.577. The second-order valence-electron chi connectivity index (χ2n) is 1.03. The lowest BCUT2D eigenvalue weighted by molar-refractivity contribution is -0.136. The van der Waals surface area contributed by atoms with Crippen molar-refractivity contribution >= 4 is 34.5 Å².